The zero-order valence-electron chi connectivity index (χ0n) is 15.9. The highest BCUT2D eigenvalue weighted by molar-refractivity contribution is 5.83. The smallest absolute Gasteiger partial charge is 0.226 e. The van der Waals surface area contributed by atoms with Crippen LogP contribution in [0.1, 0.15) is 24.8 Å². The van der Waals surface area contributed by atoms with Gasteiger partial charge in [0.25, 0.3) is 0 Å². The highest BCUT2D eigenvalue weighted by Gasteiger charge is 2.59. The number of rotatable bonds is 4. The van der Waals surface area contributed by atoms with Gasteiger partial charge in [-0.15, -0.1) is 0 Å². The molecule has 1 spiro atoms. The summed E-state index contributed by atoms with van der Waals surface area (Å²) in [5.41, 5.74) is 1.60. The molecule has 0 bridgehead atoms. The van der Waals surface area contributed by atoms with Gasteiger partial charge in [0, 0.05) is 38.6 Å². The van der Waals surface area contributed by atoms with E-state index in [4.69, 9.17) is 0 Å². The molecule has 26 heavy (non-hydrogen) atoms. The molecule has 2 heterocycles. The maximum Gasteiger partial charge on any atom is 0.226 e. The van der Waals surface area contributed by atoms with Crippen LogP contribution < -0.4 is 0 Å². The molecule has 1 aromatic carbocycles. The van der Waals surface area contributed by atoms with E-state index in [0.717, 1.165) is 52.2 Å². The summed E-state index contributed by atoms with van der Waals surface area (Å²) in [6, 6.07) is 10.5. The van der Waals surface area contributed by atoms with Gasteiger partial charge in [-0.1, -0.05) is 42.5 Å². The van der Waals surface area contributed by atoms with Gasteiger partial charge in [-0.2, -0.15) is 0 Å². The van der Waals surface area contributed by atoms with Gasteiger partial charge in [0.1, 0.15) is 0 Å². The first-order chi connectivity index (χ1) is 12.7. The molecule has 0 radical (unpaired) electrons. The van der Waals surface area contributed by atoms with Crippen LogP contribution in [0.25, 0.3) is 6.08 Å². The van der Waals surface area contributed by atoms with Gasteiger partial charge in [0.2, 0.25) is 5.91 Å². The molecular formula is C22H31N3O. The predicted molar refractivity (Wildman–Crippen MR) is 106 cm³/mol. The monoisotopic (exact) mass is 353 g/mol. The number of hydrogen-bond acceptors (Lipinski definition) is 3. The molecule has 2 saturated heterocycles. The van der Waals surface area contributed by atoms with Crippen LogP contribution in [0.3, 0.4) is 0 Å². The fourth-order valence-electron chi connectivity index (χ4n) is 4.58. The van der Waals surface area contributed by atoms with E-state index in [1.807, 2.05) is 0 Å². The highest BCUT2D eigenvalue weighted by Crippen LogP contribution is 2.60. The van der Waals surface area contributed by atoms with E-state index in [0.29, 0.717) is 17.2 Å². The van der Waals surface area contributed by atoms with Crippen molar-refractivity contribution in [2.75, 3.05) is 52.9 Å². The number of nitrogens with zero attached hydrogens (tertiary/aromatic N) is 3. The van der Waals surface area contributed by atoms with Crippen LogP contribution in [0.2, 0.25) is 0 Å². The number of benzene rings is 1. The van der Waals surface area contributed by atoms with Gasteiger partial charge in [-0.05, 0) is 50.4 Å². The van der Waals surface area contributed by atoms with Crippen molar-refractivity contribution in [1.29, 1.82) is 0 Å². The first-order valence-electron chi connectivity index (χ1n) is 10.1. The van der Waals surface area contributed by atoms with Gasteiger partial charge in [-0.25, -0.2) is 0 Å². The Morgan fingerprint density at radius 2 is 1.77 bits per heavy atom. The third-order valence-corrected chi connectivity index (χ3v) is 6.63. The summed E-state index contributed by atoms with van der Waals surface area (Å²) >= 11 is 0. The van der Waals surface area contributed by atoms with Gasteiger partial charge < -0.3 is 9.80 Å². The van der Waals surface area contributed by atoms with E-state index < -0.39 is 0 Å². The Balaban J connectivity index is 1.23. The van der Waals surface area contributed by atoms with Crippen LogP contribution in [0.4, 0.5) is 0 Å². The minimum absolute atomic E-state index is 0.313. The number of carbonyl (C=O) groups excluding carboxylic acids is 1. The Labute approximate surface area is 157 Å². The largest absolute Gasteiger partial charge is 0.340 e. The van der Waals surface area contributed by atoms with Crippen molar-refractivity contribution in [2.45, 2.75) is 19.3 Å². The average Bonchev–Trinajstić information content (AvgIpc) is 3.38. The second-order valence-corrected chi connectivity index (χ2v) is 8.36. The topological polar surface area (TPSA) is 26.8 Å². The summed E-state index contributed by atoms with van der Waals surface area (Å²) in [4.78, 5) is 19.8. The van der Waals surface area contributed by atoms with E-state index in [2.05, 4.69) is 64.2 Å². The summed E-state index contributed by atoms with van der Waals surface area (Å²) in [6.45, 7) is 7.15. The number of piperidine rings is 1. The van der Waals surface area contributed by atoms with E-state index in [9.17, 15) is 4.79 Å². The maximum absolute atomic E-state index is 12.8. The quantitative estimate of drug-likeness (QED) is 0.832. The summed E-state index contributed by atoms with van der Waals surface area (Å²) in [6.07, 6.45) is 7.99. The molecule has 4 nitrogen and oxygen atoms in total. The summed E-state index contributed by atoms with van der Waals surface area (Å²) in [7, 11) is 2.14. The Kier molecular flexibility index (Phi) is 5.14. The fourth-order valence-corrected chi connectivity index (χ4v) is 4.58. The molecule has 4 heteroatoms. The van der Waals surface area contributed by atoms with Crippen molar-refractivity contribution in [3.63, 3.8) is 0 Å². The van der Waals surface area contributed by atoms with E-state index in [1.165, 1.54) is 18.4 Å². The van der Waals surface area contributed by atoms with Crippen molar-refractivity contribution < 1.29 is 4.79 Å². The Bertz CT molecular complexity index is 641. The standard InChI is InChI=1S/C22H31N3O/c1-23-14-16-25(17-15-23)21(26)20-18-22(20)9-12-24(13-10-22)11-5-8-19-6-3-2-4-7-19/h2-8,20H,9-18H2,1H3/b8-5+. The van der Waals surface area contributed by atoms with Crippen molar-refractivity contribution >= 4 is 12.0 Å². The summed E-state index contributed by atoms with van der Waals surface area (Å²) in [5.74, 6) is 0.753. The normalized spacial score (nSPS) is 26.5. The van der Waals surface area contributed by atoms with Crippen molar-refractivity contribution in [3.05, 3.63) is 42.0 Å². The van der Waals surface area contributed by atoms with Crippen LogP contribution in [0, 0.1) is 11.3 Å². The molecule has 2 aliphatic heterocycles. The second-order valence-electron chi connectivity index (χ2n) is 8.36. The maximum atomic E-state index is 12.8. The molecule has 1 aliphatic carbocycles. The number of piperazine rings is 1. The van der Waals surface area contributed by atoms with Crippen LogP contribution in [0.5, 0.6) is 0 Å². The zero-order chi connectivity index (χ0) is 18.0. The first kappa shape index (κ1) is 17.7. The molecule has 1 saturated carbocycles. The molecule has 3 aliphatic rings. The molecule has 1 aromatic rings. The highest BCUT2D eigenvalue weighted by atomic mass is 16.2. The molecule has 0 aromatic heterocycles. The Morgan fingerprint density at radius 3 is 2.46 bits per heavy atom. The van der Waals surface area contributed by atoms with Gasteiger partial charge in [0.05, 0.1) is 0 Å². The van der Waals surface area contributed by atoms with E-state index in [-0.39, 0.29) is 0 Å². The number of carbonyl (C=O) groups is 1. The lowest BCUT2D eigenvalue weighted by Gasteiger charge is -2.35. The second kappa shape index (κ2) is 7.53. The van der Waals surface area contributed by atoms with Crippen LogP contribution in [-0.4, -0.2) is 73.5 Å². The third kappa shape index (κ3) is 3.86. The lowest BCUT2D eigenvalue weighted by atomic mass is 9.90. The molecule has 1 amide bonds. The van der Waals surface area contributed by atoms with Crippen LogP contribution in [-0.2, 0) is 4.79 Å². The minimum Gasteiger partial charge on any atom is -0.340 e. The van der Waals surface area contributed by atoms with Crippen molar-refractivity contribution in [3.8, 4) is 0 Å². The lowest BCUT2D eigenvalue weighted by Crippen LogP contribution is -2.48. The molecule has 3 fully saturated rings. The fraction of sp³-hybridized carbons (Fsp3) is 0.591. The summed E-state index contributed by atoms with van der Waals surface area (Å²) < 4.78 is 0. The first-order valence-corrected chi connectivity index (χ1v) is 10.1. The van der Waals surface area contributed by atoms with Crippen molar-refractivity contribution in [1.82, 2.24) is 14.7 Å². The van der Waals surface area contributed by atoms with E-state index in [1.54, 1.807) is 0 Å². The molecule has 4 rings (SSSR count). The van der Waals surface area contributed by atoms with Crippen molar-refractivity contribution in [2.24, 2.45) is 11.3 Å². The number of amides is 1. The zero-order valence-corrected chi connectivity index (χ0v) is 15.9. The van der Waals surface area contributed by atoms with Gasteiger partial charge >= 0.3 is 0 Å². The number of likely N-dealkylation sites (tertiary alicyclic amines) is 1. The molecule has 0 N–H and O–H groups in total. The molecule has 140 valence electrons. The number of hydrogen-bond donors (Lipinski definition) is 0. The minimum atomic E-state index is 0.313. The van der Waals surface area contributed by atoms with Gasteiger partial charge in [0.15, 0.2) is 0 Å². The summed E-state index contributed by atoms with van der Waals surface area (Å²) in [5, 5.41) is 0. The van der Waals surface area contributed by atoms with Crippen LogP contribution >= 0.6 is 0 Å². The lowest BCUT2D eigenvalue weighted by molar-refractivity contribution is -0.135. The molecule has 1 unspecified atom stereocenters. The Morgan fingerprint density at radius 1 is 1.08 bits per heavy atom. The third-order valence-electron chi connectivity index (χ3n) is 6.63. The molecular weight excluding hydrogens is 322 g/mol. The Hall–Kier alpha value is -1.65. The van der Waals surface area contributed by atoms with Gasteiger partial charge in [-0.3, -0.25) is 9.69 Å². The predicted octanol–water partition coefficient (Wildman–Crippen LogP) is 2.58. The SMILES string of the molecule is CN1CCN(C(=O)C2CC23CCN(C/C=C/c2ccccc2)CC3)CC1. The van der Waals surface area contributed by atoms with Crippen LogP contribution in [0.15, 0.2) is 36.4 Å². The number of likely N-dealkylation sites (N-methyl/N-ethyl adjacent to an activating group) is 1. The molecule has 1 atom stereocenters. The van der Waals surface area contributed by atoms with E-state index >= 15 is 0 Å². The average molecular weight is 354 g/mol.